The summed E-state index contributed by atoms with van der Waals surface area (Å²) < 4.78 is 24.1. The lowest BCUT2D eigenvalue weighted by Gasteiger charge is -2.10. The second-order valence-corrected chi connectivity index (χ2v) is 6.26. The quantitative estimate of drug-likeness (QED) is 0.859. The van der Waals surface area contributed by atoms with E-state index in [0.717, 1.165) is 11.3 Å². The van der Waals surface area contributed by atoms with Gasteiger partial charge in [-0.05, 0) is 31.5 Å². The highest BCUT2D eigenvalue weighted by Gasteiger charge is 2.02. The molecule has 1 aromatic carbocycles. The molecule has 0 aliphatic heterocycles. The highest BCUT2D eigenvalue weighted by Crippen LogP contribution is 2.15. The molecule has 84 valence electrons. The van der Waals surface area contributed by atoms with Crippen molar-refractivity contribution < 1.29 is 8.95 Å². The van der Waals surface area contributed by atoms with Gasteiger partial charge in [0.25, 0.3) is 0 Å². The minimum atomic E-state index is -2.45. The molecule has 3 nitrogen and oxygen atoms in total. The van der Waals surface area contributed by atoms with Crippen LogP contribution in [0.2, 0.25) is 0 Å². The smallest absolute Gasteiger partial charge is 0.119 e. The Labute approximate surface area is 91.4 Å². The zero-order valence-corrected chi connectivity index (χ0v) is 10.1. The van der Waals surface area contributed by atoms with E-state index in [4.69, 9.17) is 9.52 Å². The Hall–Kier alpha value is -1.03. The van der Waals surface area contributed by atoms with Crippen LogP contribution in [0.25, 0.3) is 0 Å². The lowest BCUT2D eigenvalue weighted by molar-refractivity contribution is 0.242. The summed E-state index contributed by atoms with van der Waals surface area (Å²) in [5.74, 6) is 1.11. The first-order valence-electron chi connectivity index (χ1n) is 4.84. The average Bonchev–Trinajstić information content (AvgIpc) is 2.05. The fraction of sp³-hybridized carbons (Fsp3) is 0.455. The minimum absolute atomic E-state index is 0.155. The van der Waals surface area contributed by atoms with Gasteiger partial charge in [0, 0.05) is 16.0 Å². The van der Waals surface area contributed by atoms with E-state index in [1.807, 2.05) is 38.1 Å². The summed E-state index contributed by atoms with van der Waals surface area (Å²) in [7, 11) is -2.45. The van der Waals surface area contributed by atoms with Gasteiger partial charge in [-0.3, -0.25) is 4.78 Å². The van der Waals surface area contributed by atoms with Crippen molar-refractivity contribution in [3.63, 3.8) is 0 Å². The lowest BCUT2D eigenvalue weighted by atomic mass is 10.2. The summed E-state index contributed by atoms with van der Waals surface area (Å²) in [5.41, 5.74) is 0.911. The molecule has 0 aromatic heterocycles. The third-order valence-corrected chi connectivity index (χ3v) is 2.62. The Balaban J connectivity index is 2.73. The van der Waals surface area contributed by atoms with Crippen LogP contribution in [0.5, 0.6) is 5.75 Å². The fourth-order valence-corrected chi connectivity index (χ4v) is 2.08. The molecule has 0 saturated carbocycles. The zero-order chi connectivity index (χ0) is 11.5. The van der Waals surface area contributed by atoms with Crippen molar-refractivity contribution in [2.75, 3.05) is 6.26 Å². The maximum Gasteiger partial charge on any atom is 0.119 e. The van der Waals surface area contributed by atoms with Crippen molar-refractivity contribution in [1.29, 1.82) is 4.78 Å². The summed E-state index contributed by atoms with van der Waals surface area (Å²) in [4.78, 5) is 0. The van der Waals surface area contributed by atoms with E-state index in [-0.39, 0.29) is 6.10 Å². The largest absolute Gasteiger partial charge is 0.491 e. The molecule has 15 heavy (non-hydrogen) atoms. The van der Waals surface area contributed by atoms with Crippen molar-refractivity contribution in [2.45, 2.75) is 25.7 Å². The molecule has 0 saturated heterocycles. The van der Waals surface area contributed by atoms with Crippen molar-refractivity contribution in [1.82, 2.24) is 0 Å². The van der Waals surface area contributed by atoms with Gasteiger partial charge in [-0.25, -0.2) is 4.21 Å². The van der Waals surface area contributed by atoms with Crippen LogP contribution in [-0.2, 0) is 15.5 Å². The highest BCUT2D eigenvalue weighted by molar-refractivity contribution is 7.90. The van der Waals surface area contributed by atoms with E-state index in [9.17, 15) is 4.21 Å². The molecule has 0 spiro atoms. The van der Waals surface area contributed by atoms with E-state index in [1.165, 1.54) is 6.26 Å². The van der Waals surface area contributed by atoms with Gasteiger partial charge in [0.1, 0.15) is 5.75 Å². The van der Waals surface area contributed by atoms with Crippen LogP contribution in [0.15, 0.2) is 24.3 Å². The molecule has 1 unspecified atom stereocenters. The van der Waals surface area contributed by atoms with Crippen molar-refractivity contribution >= 4 is 9.73 Å². The first kappa shape index (κ1) is 12.0. The maximum atomic E-state index is 11.3. The molecule has 1 atom stereocenters. The second-order valence-electron chi connectivity index (χ2n) is 3.96. The first-order valence-corrected chi connectivity index (χ1v) is 6.97. The van der Waals surface area contributed by atoms with Gasteiger partial charge in [0.2, 0.25) is 0 Å². The van der Waals surface area contributed by atoms with Crippen LogP contribution in [0.4, 0.5) is 0 Å². The lowest BCUT2D eigenvalue weighted by Crippen LogP contribution is -2.05. The van der Waals surface area contributed by atoms with Crippen molar-refractivity contribution in [3.05, 3.63) is 29.8 Å². The molecule has 1 aromatic rings. The van der Waals surface area contributed by atoms with E-state index < -0.39 is 9.73 Å². The Bertz CT molecular complexity index is 407. The van der Waals surface area contributed by atoms with Crippen molar-refractivity contribution in [2.24, 2.45) is 0 Å². The molecule has 0 amide bonds. The second kappa shape index (κ2) is 4.66. The van der Waals surface area contributed by atoms with Gasteiger partial charge in [0.15, 0.2) is 0 Å². The molecule has 0 aliphatic carbocycles. The number of hydrogen-bond acceptors (Lipinski definition) is 3. The Kier molecular flexibility index (Phi) is 3.74. The summed E-state index contributed by atoms with van der Waals surface area (Å²) in [6.07, 6.45) is 1.60. The standard InChI is InChI=1S/C11H17NO2S/c1-9(2)14-11-6-4-10(5-7-11)8-15(3,12)13/h4-7,9,12H,8H2,1-3H3. The van der Waals surface area contributed by atoms with Crippen LogP contribution in [0.3, 0.4) is 0 Å². The Morgan fingerprint density at radius 3 is 2.27 bits per heavy atom. The number of benzene rings is 1. The topological polar surface area (TPSA) is 50.1 Å². The molecular weight excluding hydrogens is 210 g/mol. The van der Waals surface area contributed by atoms with Crippen molar-refractivity contribution in [3.8, 4) is 5.75 Å². The molecule has 1 N–H and O–H groups in total. The molecule has 0 fully saturated rings. The third kappa shape index (κ3) is 4.83. The van der Waals surface area contributed by atoms with Gasteiger partial charge in [0.05, 0.1) is 11.9 Å². The summed E-state index contributed by atoms with van der Waals surface area (Å²) in [6.45, 7) is 3.94. The minimum Gasteiger partial charge on any atom is -0.491 e. The van der Waals surface area contributed by atoms with E-state index in [2.05, 4.69) is 0 Å². The Morgan fingerprint density at radius 1 is 1.33 bits per heavy atom. The molecular formula is C11H17NO2S. The SMILES string of the molecule is CC(C)Oc1ccc(CS(C)(=N)=O)cc1. The maximum absolute atomic E-state index is 11.3. The zero-order valence-electron chi connectivity index (χ0n) is 9.32. The van der Waals surface area contributed by atoms with Crippen LogP contribution in [0, 0.1) is 4.78 Å². The average molecular weight is 227 g/mol. The van der Waals surface area contributed by atoms with Crippen LogP contribution >= 0.6 is 0 Å². The van der Waals surface area contributed by atoms with Gasteiger partial charge >= 0.3 is 0 Å². The summed E-state index contributed by atoms with van der Waals surface area (Å²) in [6, 6.07) is 7.41. The van der Waals surface area contributed by atoms with Crippen LogP contribution < -0.4 is 4.74 Å². The van der Waals surface area contributed by atoms with Crippen LogP contribution in [0.1, 0.15) is 19.4 Å². The summed E-state index contributed by atoms with van der Waals surface area (Å²) in [5, 5.41) is 0. The molecule has 1 rings (SSSR count). The fourth-order valence-electron chi connectivity index (χ4n) is 1.25. The van der Waals surface area contributed by atoms with E-state index in [1.54, 1.807) is 0 Å². The molecule has 0 aliphatic rings. The molecule has 0 bridgehead atoms. The highest BCUT2D eigenvalue weighted by atomic mass is 32.2. The number of rotatable bonds is 4. The molecule has 0 heterocycles. The van der Waals surface area contributed by atoms with Gasteiger partial charge in [-0.1, -0.05) is 12.1 Å². The first-order chi connectivity index (χ1) is 6.87. The number of ether oxygens (including phenoxy) is 1. The van der Waals surface area contributed by atoms with Crippen LogP contribution in [-0.4, -0.2) is 16.6 Å². The molecule has 4 heteroatoms. The number of nitrogens with one attached hydrogen (secondary N) is 1. The third-order valence-electron chi connectivity index (χ3n) is 1.74. The predicted molar refractivity (Wildman–Crippen MR) is 62.7 cm³/mol. The van der Waals surface area contributed by atoms with E-state index >= 15 is 0 Å². The predicted octanol–water partition coefficient (Wildman–Crippen LogP) is 2.65. The summed E-state index contributed by atoms with van der Waals surface area (Å²) >= 11 is 0. The number of hydrogen-bond donors (Lipinski definition) is 1. The Morgan fingerprint density at radius 2 is 1.87 bits per heavy atom. The normalized spacial score (nSPS) is 14.9. The van der Waals surface area contributed by atoms with Gasteiger partial charge in [-0.2, -0.15) is 0 Å². The monoisotopic (exact) mass is 227 g/mol. The molecule has 0 radical (unpaired) electrons. The van der Waals surface area contributed by atoms with Gasteiger partial charge in [-0.15, -0.1) is 0 Å². The van der Waals surface area contributed by atoms with E-state index in [0.29, 0.717) is 5.75 Å². The van der Waals surface area contributed by atoms with Gasteiger partial charge < -0.3 is 4.74 Å².